The molecule has 0 aliphatic carbocycles. The van der Waals surface area contributed by atoms with E-state index in [4.69, 9.17) is 52.1 Å². The number of esters is 1. The van der Waals surface area contributed by atoms with Crippen LogP contribution in [0.2, 0.25) is 0 Å². The molecule has 1 aromatic rings. The van der Waals surface area contributed by atoms with Gasteiger partial charge in [-0.1, -0.05) is 40.8 Å². The van der Waals surface area contributed by atoms with E-state index in [2.05, 4.69) is 22.6 Å². The first-order chi connectivity index (χ1) is 20.8. The first-order valence-electron chi connectivity index (χ1n) is 14.4. The van der Waals surface area contributed by atoms with Gasteiger partial charge in [0.05, 0.1) is 138 Å². The second-order valence-corrected chi connectivity index (χ2v) is 9.39. The minimum Gasteiger partial charge on any atom is -0.460 e. The van der Waals surface area contributed by atoms with Crippen LogP contribution in [-0.2, 0) is 52.1 Å². The highest BCUT2D eigenvalue weighted by Crippen LogP contribution is 2.00. The zero-order valence-electron chi connectivity index (χ0n) is 24.7. The van der Waals surface area contributed by atoms with E-state index >= 15 is 0 Å². The molecule has 0 atom stereocenters. The van der Waals surface area contributed by atoms with Gasteiger partial charge >= 0.3 is 5.97 Å². The second-order valence-electron chi connectivity index (χ2n) is 8.31. The highest BCUT2D eigenvalue weighted by atomic mass is 127. The van der Waals surface area contributed by atoms with E-state index < -0.39 is 0 Å². The van der Waals surface area contributed by atoms with Crippen LogP contribution in [0.25, 0.3) is 0 Å². The summed E-state index contributed by atoms with van der Waals surface area (Å²) in [5.74, 6) is -0.354. The molecule has 1 rings (SSSR count). The average Bonchev–Trinajstić information content (AvgIpc) is 3.02. The molecule has 0 aliphatic rings. The molecule has 0 heterocycles. The van der Waals surface area contributed by atoms with Crippen molar-refractivity contribution >= 4 is 28.6 Å². The Hall–Kier alpha value is -0.980. The Morgan fingerprint density at radius 1 is 0.405 bits per heavy atom. The molecule has 13 heteroatoms. The number of ether oxygens (including phenoxy) is 11. The maximum absolute atomic E-state index is 11.8. The Kier molecular flexibility index (Phi) is 30.6. The van der Waals surface area contributed by atoms with Gasteiger partial charge in [-0.05, 0) is 12.1 Å². The number of benzene rings is 1. The summed E-state index contributed by atoms with van der Waals surface area (Å²) in [6.45, 7) is 10.5. The van der Waals surface area contributed by atoms with E-state index in [9.17, 15) is 4.79 Å². The predicted octanol–water partition coefficient (Wildman–Crippen LogP) is 2.44. The monoisotopic (exact) mass is 716 g/mol. The fraction of sp³-hybridized carbons (Fsp3) is 0.759. The van der Waals surface area contributed by atoms with Crippen molar-refractivity contribution in [3.05, 3.63) is 35.9 Å². The van der Waals surface area contributed by atoms with Gasteiger partial charge in [0, 0.05) is 4.43 Å². The van der Waals surface area contributed by atoms with Crippen molar-refractivity contribution in [1.82, 2.24) is 0 Å². The van der Waals surface area contributed by atoms with Gasteiger partial charge in [-0.25, -0.2) is 4.79 Å². The summed E-state index contributed by atoms with van der Waals surface area (Å²) < 4.78 is 60.4. The smallest absolute Gasteiger partial charge is 0.338 e. The molecule has 0 fully saturated rings. The van der Waals surface area contributed by atoms with Gasteiger partial charge in [-0.2, -0.15) is 0 Å². The third-order valence-corrected chi connectivity index (χ3v) is 5.48. The summed E-state index contributed by atoms with van der Waals surface area (Å²) in [5, 5.41) is 0. The minimum absolute atomic E-state index is 0.204. The average molecular weight is 717 g/mol. The Labute approximate surface area is 263 Å². The molecule has 0 aliphatic heterocycles. The van der Waals surface area contributed by atoms with E-state index in [-0.39, 0.29) is 12.6 Å². The normalized spacial score (nSPS) is 11.3. The van der Waals surface area contributed by atoms with E-state index in [0.29, 0.717) is 131 Å². The van der Waals surface area contributed by atoms with Gasteiger partial charge in [0.1, 0.15) is 6.61 Å². The van der Waals surface area contributed by atoms with Crippen molar-refractivity contribution in [3.8, 4) is 0 Å². The lowest BCUT2D eigenvalue weighted by Crippen LogP contribution is -2.15. The van der Waals surface area contributed by atoms with E-state index in [1.165, 1.54) is 0 Å². The Bertz CT molecular complexity index is 686. The lowest BCUT2D eigenvalue weighted by atomic mass is 10.2. The van der Waals surface area contributed by atoms with Crippen LogP contribution in [0.4, 0.5) is 0 Å². The van der Waals surface area contributed by atoms with Crippen molar-refractivity contribution in [2.75, 3.05) is 143 Å². The fourth-order valence-corrected chi connectivity index (χ4v) is 3.30. The zero-order valence-corrected chi connectivity index (χ0v) is 26.9. The maximum Gasteiger partial charge on any atom is 0.338 e. The van der Waals surface area contributed by atoms with Crippen LogP contribution in [0.15, 0.2) is 30.3 Å². The van der Waals surface area contributed by atoms with Crippen molar-refractivity contribution in [3.63, 3.8) is 0 Å². The zero-order chi connectivity index (χ0) is 30.0. The summed E-state index contributed by atoms with van der Waals surface area (Å²) in [7, 11) is 0. The summed E-state index contributed by atoms with van der Waals surface area (Å²) in [6, 6.07) is 8.85. The number of carbonyl (C=O) groups is 1. The van der Waals surface area contributed by atoms with Crippen LogP contribution in [0.5, 0.6) is 0 Å². The Balaban J connectivity index is 1.64. The molecule has 12 nitrogen and oxygen atoms in total. The van der Waals surface area contributed by atoms with Crippen molar-refractivity contribution < 1.29 is 56.9 Å². The molecule has 244 valence electrons. The molecule has 0 saturated carbocycles. The van der Waals surface area contributed by atoms with Crippen molar-refractivity contribution in [2.45, 2.75) is 0 Å². The molecule has 42 heavy (non-hydrogen) atoms. The maximum atomic E-state index is 11.8. The molecular weight excluding hydrogens is 667 g/mol. The third-order valence-electron chi connectivity index (χ3n) is 5.04. The second kappa shape index (κ2) is 32.9. The number of alkyl halides is 1. The van der Waals surface area contributed by atoms with Gasteiger partial charge in [0.25, 0.3) is 0 Å². The third kappa shape index (κ3) is 27.8. The van der Waals surface area contributed by atoms with Crippen molar-refractivity contribution in [2.24, 2.45) is 0 Å². The van der Waals surface area contributed by atoms with Gasteiger partial charge < -0.3 is 52.1 Å². The number of halogens is 1. The van der Waals surface area contributed by atoms with Crippen LogP contribution >= 0.6 is 22.6 Å². The topological polar surface area (TPSA) is 119 Å². The lowest BCUT2D eigenvalue weighted by Gasteiger charge is -2.09. The fourth-order valence-electron chi connectivity index (χ4n) is 2.99. The highest BCUT2D eigenvalue weighted by Gasteiger charge is 2.05. The molecule has 0 spiro atoms. The van der Waals surface area contributed by atoms with Crippen LogP contribution in [-0.4, -0.2) is 149 Å². The molecule has 0 bridgehead atoms. The first kappa shape index (κ1) is 39.0. The van der Waals surface area contributed by atoms with Crippen LogP contribution in [0, 0.1) is 0 Å². The van der Waals surface area contributed by atoms with Crippen LogP contribution in [0.3, 0.4) is 0 Å². The van der Waals surface area contributed by atoms with Crippen molar-refractivity contribution in [1.29, 1.82) is 0 Å². The standard InChI is InChI=1S/C29H49IO12/c30-6-7-32-8-9-33-10-11-34-12-13-35-14-15-36-16-17-37-18-19-38-20-21-39-22-23-40-24-25-41-26-27-42-29(31)28-4-2-1-3-5-28/h1-5H,6-27H2. The number of hydrogen-bond donors (Lipinski definition) is 0. The molecule has 1 aromatic carbocycles. The Morgan fingerprint density at radius 2 is 0.667 bits per heavy atom. The van der Waals surface area contributed by atoms with Gasteiger partial charge in [-0.15, -0.1) is 0 Å². The highest BCUT2D eigenvalue weighted by molar-refractivity contribution is 14.1. The van der Waals surface area contributed by atoms with Crippen LogP contribution < -0.4 is 0 Å². The largest absolute Gasteiger partial charge is 0.460 e. The van der Waals surface area contributed by atoms with E-state index in [1.54, 1.807) is 24.3 Å². The lowest BCUT2D eigenvalue weighted by molar-refractivity contribution is -0.0269. The van der Waals surface area contributed by atoms with E-state index in [0.717, 1.165) is 11.0 Å². The summed E-state index contributed by atoms with van der Waals surface area (Å²) in [5.41, 5.74) is 0.527. The molecule has 0 amide bonds. The van der Waals surface area contributed by atoms with Crippen LogP contribution in [0.1, 0.15) is 10.4 Å². The van der Waals surface area contributed by atoms with E-state index in [1.807, 2.05) is 6.07 Å². The van der Waals surface area contributed by atoms with Gasteiger partial charge in [-0.3, -0.25) is 0 Å². The molecule has 0 radical (unpaired) electrons. The van der Waals surface area contributed by atoms with Gasteiger partial charge in [0.2, 0.25) is 0 Å². The SMILES string of the molecule is O=C(OCCOCCOCCOCCOCCOCCOCCOCCOCCOCCOCCI)c1ccccc1. The quantitative estimate of drug-likeness (QED) is 0.0461. The number of carbonyl (C=O) groups excluding carboxylic acids is 1. The molecule has 0 N–H and O–H groups in total. The Morgan fingerprint density at radius 3 is 0.952 bits per heavy atom. The minimum atomic E-state index is -0.354. The summed E-state index contributed by atoms with van der Waals surface area (Å²) in [6.07, 6.45) is 0. The summed E-state index contributed by atoms with van der Waals surface area (Å²) >= 11 is 2.27. The molecule has 0 unspecified atom stereocenters. The summed E-state index contributed by atoms with van der Waals surface area (Å²) in [4.78, 5) is 11.8. The molecule has 0 aromatic heterocycles. The molecule has 0 saturated heterocycles. The molecular formula is C29H49IO12. The first-order valence-corrected chi connectivity index (χ1v) is 15.9. The number of hydrogen-bond acceptors (Lipinski definition) is 12. The number of rotatable bonds is 33. The van der Waals surface area contributed by atoms with Gasteiger partial charge in [0.15, 0.2) is 0 Å². The predicted molar refractivity (Wildman–Crippen MR) is 164 cm³/mol.